The molecule has 6 heteroatoms. The molecule has 1 heterocycles. The number of halogens is 3. The summed E-state index contributed by atoms with van der Waals surface area (Å²) < 4.78 is 0.738. The van der Waals surface area contributed by atoms with Crippen LogP contribution in [0.4, 0.5) is 5.82 Å². The van der Waals surface area contributed by atoms with E-state index >= 15 is 0 Å². The topological polar surface area (TPSA) is 51.8 Å². The number of nitrogens with two attached hydrogens (primary N) is 1. The van der Waals surface area contributed by atoms with Gasteiger partial charge >= 0.3 is 0 Å². The van der Waals surface area contributed by atoms with Crippen LogP contribution in [0.15, 0.2) is 22.7 Å². The third-order valence-electron chi connectivity index (χ3n) is 2.40. The van der Waals surface area contributed by atoms with Crippen molar-refractivity contribution in [3.63, 3.8) is 0 Å². The lowest BCUT2D eigenvalue weighted by Gasteiger charge is -2.08. The molecule has 0 aliphatic carbocycles. The fourth-order valence-corrected chi connectivity index (χ4v) is 2.54. The van der Waals surface area contributed by atoms with Gasteiger partial charge in [-0.15, -0.1) is 0 Å². The maximum atomic E-state index is 5.96. The number of hydrogen-bond acceptors (Lipinski definition) is 3. The van der Waals surface area contributed by atoms with Crippen LogP contribution < -0.4 is 5.73 Å². The van der Waals surface area contributed by atoms with E-state index in [4.69, 9.17) is 28.9 Å². The smallest absolute Gasteiger partial charge is 0.161 e. The Morgan fingerprint density at radius 1 is 1.17 bits per heavy atom. The number of nitrogens with zero attached hydrogens (tertiary/aromatic N) is 2. The highest BCUT2D eigenvalue weighted by atomic mass is 79.9. The summed E-state index contributed by atoms with van der Waals surface area (Å²) in [6.45, 7) is 2.00. The molecule has 0 aliphatic rings. The summed E-state index contributed by atoms with van der Waals surface area (Å²) >= 11 is 15.3. The molecule has 0 unspecified atom stereocenters. The predicted octanol–water partition coefficient (Wildman–Crippen LogP) is 4.36. The van der Waals surface area contributed by atoms with Gasteiger partial charge in [-0.1, -0.05) is 30.1 Å². The third kappa shape index (κ3) is 2.76. The minimum Gasteiger partial charge on any atom is -0.383 e. The van der Waals surface area contributed by atoms with E-state index in [-0.39, 0.29) is 0 Å². The standard InChI is InChI=1S/C12H10BrCl2N3/c1-2-9-10(13)11(16)18-12(17-9)6-3-7(14)5-8(15)4-6/h3-5H,2H2,1H3,(H2,16,17,18). The monoisotopic (exact) mass is 345 g/mol. The number of nitrogen functional groups attached to an aromatic ring is 1. The van der Waals surface area contributed by atoms with Gasteiger partial charge in [0.25, 0.3) is 0 Å². The van der Waals surface area contributed by atoms with Gasteiger partial charge in [-0.2, -0.15) is 0 Å². The van der Waals surface area contributed by atoms with E-state index in [2.05, 4.69) is 25.9 Å². The van der Waals surface area contributed by atoms with Gasteiger partial charge in [0.05, 0.1) is 10.2 Å². The summed E-state index contributed by atoms with van der Waals surface area (Å²) in [4.78, 5) is 8.69. The Morgan fingerprint density at radius 2 is 1.78 bits per heavy atom. The molecule has 1 aromatic carbocycles. The quantitative estimate of drug-likeness (QED) is 0.878. The van der Waals surface area contributed by atoms with Crippen LogP contribution in [0, 0.1) is 0 Å². The van der Waals surface area contributed by atoms with Crippen molar-refractivity contribution in [2.45, 2.75) is 13.3 Å². The summed E-state index contributed by atoms with van der Waals surface area (Å²) in [7, 11) is 0. The predicted molar refractivity (Wildman–Crippen MR) is 79.0 cm³/mol. The Kier molecular flexibility index (Phi) is 4.10. The van der Waals surface area contributed by atoms with Crippen LogP contribution >= 0.6 is 39.1 Å². The van der Waals surface area contributed by atoms with Gasteiger partial charge in [0.15, 0.2) is 5.82 Å². The number of anilines is 1. The Bertz CT molecular complexity index is 582. The van der Waals surface area contributed by atoms with Crippen LogP contribution in [0.5, 0.6) is 0 Å². The molecule has 0 spiro atoms. The average molecular weight is 347 g/mol. The zero-order valence-electron chi connectivity index (χ0n) is 9.54. The zero-order valence-corrected chi connectivity index (χ0v) is 12.6. The number of aromatic nitrogens is 2. The largest absolute Gasteiger partial charge is 0.383 e. The zero-order chi connectivity index (χ0) is 13.3. The second-order valence-corrected chi connectivity index (χ2v) is 5.37. The highest BCUT2D eigenvalue weighted by Crippen LogP contribution is 2.28. The van der Waals surface area contributed by atoms with E-state index in [9.17, 15) is 0 Å². The molecule has 0 radical (unpaired) electrons. The highest BCUT2D eigenvalue weighted by Gasteiger charge is 2.11. The first-order valence-corrected chi connectivity index (χ1v) is 6.84. The van der Waals surface area contributed by atoms with Crippen molar-refractivity contribution < 1.29 is 0 Å². The Balaban J connectivity index is 2.60. The van der Waals surface area contributed by atoms with E-state index in [1.54, 1.807) is 18.2 Å². The molecule has 0 fully saturated rings. The van der Waals surface area contributed by atoms with Crippen molar-refractivity contribution in [1.82, 2.24) is 9.97 Å². The molecule has 94 valence electrons. The van der Waals surface area contributed by atoms with Gasteiger partial charge in [0.2, 0.25) is 0 Å². The van der Waals surface area contributed by atoms with E-state index in [0.29, 0.717) is 21.7 Å². The van der Waals surface area contributed by atoms with E-state index < -0.39 is 0 Å². The van der Waals surface area contributed by atoms with Crippen LogP contribution in [0.1, 0.15) is 12.6 Å². The van der Waals surface area contributed by atoms with Crippen molar-refractivity contribution in [2.24, 2.45) is 0 Å². The van der Waals surface area contributed by atoms with Crippen LogP contribution in [0.3, 0.4) is 0 Å². The van der Waals surface area contributed by atoms with Crippen LogP contribution in [-0.4, -0.2) is 9.97 Å². The molecule has 3 nitrogen and oxygen atoms in total. The minimum absolute atomic E-state index is 0.410. The number of benzene rings is 1. The number of rotatable bonds is 2. The lowest BCUT2D eigenvalue weighted by molar-refractivity contribution is 0.996. The first-order chi connectivity index (χ1) is 8.51. The van der Waals surface area contributed by atoms with Gasteiger partial charge in [0.1, 0.15) is 5.82 Å². The summed E-state index contributed by atoms with van der Waals surface area (Å²) in [5.41, 5.74) is 7.45. The molecule has 0 amide bonds. The maximum Gasteiger partial charge on any atom is 0.161 e. The van der Waals surface area contributed by atoms with Crippen molar-refractivity contribution in [3.8, 4) is 11.4 Å². The van der Waals surface area contributed by atoms with Gasteiger partial charge in [-0.3, -0.25) is 0 Å². The van der Waals surface area contributed by atoms with E-state index in [0.717, 1.165) is 22.2 Å². The molecule has 0 bridgehead atoms. The van der Waals surface area contributed by atoms with E-state index in [1.165, 1.54) is 0 Å². The molecule has 1 aromatic heterocycles. The summed E-state index contributed by atoms with van der Waals surface area (Å²) in [5.74, 6) is 0.935. The summed E-state index contributed by atoms with van der Waals surface area (Å²) in [6.07, 6.45) is 0.759. The fraction of sp³-hybridized carbons (Fsp3) is 0.167. The first-order valence-electron chi connectivity index (χ1n) is 5.29. The molecule has 2 rings (SSSR count). The summed E-state index contributed by atoms with van der Waals surface area (Å²) in [6, 6.07) is 5.18. The molecule has 18 heavy (non-hydrogen) atoms. The highest BCUT2D eigenvalue weighted by molar-refractivity contribution is 9.10. The Labute approximate surface area is 123 Å². The van der Waals surface area contributed by atoms with Crippen LogP contribution in [-0.2, 0) is 6.42 Å². The van der Waals surface area contributed by atoms with Crippen LogP contribution in [0.25, 0.3) is 11.4 Å². The lowest BCUT2D eigenvalue weighted by Crippen LogP contribution is -2.02. The van der Waals surface area contributed by atoms with Crippen LogP contribution in [0.2, 0.25) is 10.0 Å². The van der Waals surface area contributed by atoms with Crippen molar-refractivity contribution in [3.05, 3.63) is 38.4 Å². The average Bonchev–Trinajstić information content (AvgIpc) is 2.31. The molecular formula is C12H10BrCl2N3. The van der Waals surface area contributed by atoms with Crippen molar-refractivity contribution in [1.29, 1.82) is 0 Å². The fourth-order valence-electron chi connectivity index (χ4n) is 1.56. The number of hydrogen-bond donors (Lipinski definition) is 1. The molecular weight excluding hydrogens is 337 g/mol. The minimum atomic E-state index is 0.410. The molecule has 0 aliphatic heterocycles. The molecule has 0 atom stereocenters. The SMILES string of the molecule is CCc1nc(-c2cc(Cl)cc(Cl)c2)nc(N)c1Br. The van der Waals surface area contributed by atoms with Crippen molar-refractivity contribution in [2.75, 3.05) is 5.73 Å². The normalized spacial score (nSPS) is 10.7. The van der Waals surface area contributed by atoms with Gasteiger partial charge in [-0.25, -0.2) is 9.97 Å². The third-order valence-corrected chi connectivity index (χ3v) is 3.70. The summed E-state index contributed by atoms with van der Waals surface area (Å²) in [5, 5.41) is 1.08. The Morgan fingerprint density at radius 3 is 2.33 bits per heavy atom. The lowest BCUT2D eigenvalue weighted by atomic mass is 10.2. The van der Waals surface area contributed by atoms with E-state index in [1.807, 2.05) is 6.92 Å². The van der Waals surface area contributed by atoms with Gasteiger partial charge in [0, 0.05) is 15.6 Å². The van der Waals surface area contributed by atoms with Gasteiger partial charge in [-0.05, 0) is 40.5 Å². The second kappa shape index (κ2) is 5.43. The molecule has 0 saturated carbocycles. The first kappa shape index (κ1) is 13.6. The number of aryl methyl sites for hydroxylation is 1. The Hall–Kier alpha value is -0.840. The van der Waals surface area contributed by atoms with Crippen molar-refractivity contribution >= 4 is 44.9 Å². The second-order valence-electron chi connectivity index (χ2n) is 3.70. The molecule has 0 saturated heterocycles. The van der Waals surface area contributed by atoms with Gasteiger partial charge < -0.3 is 5.73 Å². The molecule has 2 aromatic rings. The maximum absolute atomic E-state index is 5.96. The molecule has 2 N–H and O–H groups in total.